The zero-order valence-electron chi connectivity index (χ0n) is 12.2. The Morgan fingerprint density at radius 2 is 1.95 bits per heavy atom. The summed E-state index contributed by atoms with van der Waals surface area (Å²) in [6.45, 7) is 2.97. The molecule has 1 N–H and O–H groups in total. The maximum atomic E-state index is 9.13. The predicted octanol–water partition coefficient (Wildman–Crippen LogP) is 2.62. The van der Waals surface area contributed by atoms with Crippen LogP contribution in [0.1, 0.15) is 12.5 Å². The van der Waals surface area contributed by atoms with Gasteiger partial charge in [0.1, 0.15) is 11.3 Å². The molecule has 0 atom stereocenters. The van der Waals surface area contributed by atoms with Crippen LogP contribution in [0, 0.1) is 0 Å². The molecule has 0 bridgehead atoms. The number of anilines is 2. The maximum Gasteiger partial charge on any atom is 0.135 e. The smallest absolute Gasteiger partial charge is 0.135 e. The molecule has 3 rings (SSSR count). The first-order valence-corrected chi connectivity index (χ1v) is 6.97. The van der Waals surface area contributed by atoms with E-state index in [2.05, 4.69) is 21.8 Å². The Labute approximate surface area is 123 Å². The highest BCUT2D eigenvalue weighted by Crippen LogP contribution is 2.26. The Kier molecular flexibility index (Phi) is 3.58. The second kappa shape index (κ2) is 5.54. The summed E-state index contributed by atoms with van der Waals surface area (Å²) in [7, 11) is 1.98. The molecule has 1 aromatic carbocycles. The van der Waals surface area contributed by atoms with Gasteiger partial charge in [0.2, 0.25) is 0 Å². The summed E-state index contributed by atoms with van der Waals surface area (Å²) < 4.78 is 1.99. The Balaban J connectivity index is 2.01. The van der Waals surface area contributed by atoms with Crippen LogP contribution >= 0.6 is 0 Å². The van der Waals surface area contributed by atoms with E-state index in [1.807, 2.05) is 41.9 Å². The first-order chi connectivity index (χ1) is 10.2. The van der Waals surface area contributed by atoms with Crippen molar-refractivity contribution < 1.29 is 5.11 Å². The lowest BCUT2D eigenvalue weighted by Crippen LogP contribution is -2.17. The lowest BCUT2D eigenvalue weighted by molar-refractivity contribution is 0.282. The summed E-state index contributed by atoms with van der Waals surface area (Å²) in [6.07, 6.45) is 3.60. The van der Waals surface area contributed by atoms with E-state index in [0.29, 0.717) is 0 Å². The van der Waals surface area contributed by atoms with E-state index in [0.717, 1.165) is 34.6 Å². The molecule has 0 radical (unpaired) electrons. The molecule has 5 nitrogen and oxygen atoms in total. The summed E-state index contributed by atoms with van der Waals surface area (Å²) in [5.41, 5.74) is 3.92. The van der Waals surface area contributed by atoms with Crippen molar-refractivity contribution in [2.75, 3.05) is 11.4 Å². The average Bonchev–Trinajstić information content (AvgIpc) is 2.90. The number of aliphatic hydroxyl groups excluding tert-OH is 1. The molecule has 2 aromatic heterocycles. The highest BCUT2D eigenvalue weighted by molar-refractivity contribution is 5.78. The second-order valence-corrected chi connectivity index (χ2v) is 4.96. The van der Waals surface area contributed by atoms with E-state index in [-0.39, 0.29) is 6.61 Å². The molecule has 0 saturated heterocycles. The number of nitrogens with zero attached hydrogens (tertiary/aromatic N) is 4. The monoisotopic (exact) mass is 282 g/mol. The SMILES string of the molecule is CCN(c1ccc(CO)cc1)c1cc2c(cn1)ncn2C. The van der Waals surface area contributed by atoms with Gasteiger partial charge in [0.15, 0.2) is 0 Å². The summed E-state index contributed by atoms with van der Waals surface area (Å²) in [6, 6.07) is 9.92. The lowest BCUT2D eigenvalue weighted by Gasteiger charge is -2.22. The molecular weight excluding hydrogens is 264 g/mol. The number of pyridine rings is 1. The third-order valence-electron chi connectivity index (χ3n) is 3.62. The van der Waals surface area contributed by atoms with Gasteiger partial charge in [-0.2, -0.15) is 0 Å². The van der Waals surface area contributed by atoms with E-state index >= 15 is 0 Å². The highest BCUT2D eigenvalue weighted by Gasteiger charge is 2.11. The van der Waals surface area contributed by atoms with Crippen LogP contribution in [0.5, 0.6) is 0 Å². The number of rotatable bonds is 4. The van der Waals surface area contributed by atoms with E-state index in [9.17, 15) is 0 Å². The van der Waals surface area contributed by atoms with Gasteiger partial charge < -0.3 is 14.6 Å². The van der Waals surface area contributed by atoms with E-state index < -0.39 is 0 Å². The largest absolute Gasteiger partial charge is 0.392 e. The summed E-state index contributed by atoms with van der Waals surface area (Å²) in [4.78, 5) is 10.9. The van der Waals surface area contributed by atoms with E-state index in [1.165, 1.54) is 0 Å². The van der Waals surface area contributed by atoms with Crippen molar-refractivity contribution in [1.82, 2.24) is 14.5 Å². The molecule has 108 valence electrons. The van der Waals surface area contributed by atoms with Crippen molar-refractivity contribution in [3.05, 3.63) is 48.4 Å². The van der Waals surface area contributed by atoms with Crippen LogP contribution in [0.15, 0.2) is 42.9 Å². The van der Waals surface area contributed by atoms with Crippen LogP contribution in [-0.2, 0) is 13.7 Å². The minimum absolute atomic E-state index is 0.0611. The van der Waals surface area contributed by atoms with Crippen molar-refractivity contribution in [1.29, 1.82) is 0 Å². The molecule has 0 amide bonds. The second-order valence-electron chi connectivity index (χ2n) is 4.96. The molecule has 5 heteroatoms. The molecule has 0 saturated carbocycles. The van der Waals surface area contributed by atoms with Crippen LogP contribution in [0.4, 0.5) is 11.5 Å². The number of aliphatic hydroxyl groups is 1. The van der Waals surface area contributed by atoms with Gasteiger partial charge in [0.25, 0.3) is 0 Å². The molecule has 0 aliphatic carbocycles. The van der Waals surface area contributed by atoms with Gasteiger partial charge in [-0.3, -0.25) is 0 Å². The van der Waals surface area contributed by atoms with E-state index in [1.54, 1.807) is 12.5 Å². The fraction of sp³-hybridized carbons (Fsp3) is 0.250. The number of aryl methyl sites for hydroxylation is 1. The van der Waals surface area contributed by atoms with E-state index in [4.69, 9.17) is 5.11 Å². The minimum atomic E-state index is 0.0611. The van der Waals surface area contributed by atoms with Crippen molar-refractivity contribution in [2.24, 2.45) is 7.05 Å². The molecular formula is C16H18N4O. The molecule has 21 heavy (non-hydrogen) atoms. The quantitative estimate of drug-likeness (QED) is 0.799. The maximum absolute atomic E-state index is 9.13. The number of fused-ring (bicyclic) bond motifs is 1. The first kappa shape index (κ1) is 13.6. The lowest BCUT2D eigenvalue weighted by atomic mass is 10.2. The molecule has 0 unspecified atom stereocenters. The predicted molar refractivity (Wildman–Crippen MR) is 83.6 cm³/mol. The number of hydrogen-bond donors (Lipinski definition) is 1. The van der Waals surface area contributed by atoms with Gasteiger partial charge in [0, 0.05) is 25.3 Å². The van der Waals surface area contributed by atoms with Gasteiger partial charge in [-0.25, -0.2) is 9.97 Å². The molecule has 0 aliphatic heterocycles. The summed E-state index contributed by atoms with van der Waals surface area (Å²) in [5.74, 6) is 0.894. The van der Waals surface area contributed by atoms with Crippen LogP contribution in [0.25, 0.3) is 11.0 Å². The average molecular weight is 282 g/mol. The molecule has 2 heterocycles. The molecule has 0 fully saturated rings. The summed E-state index contributed by atoms with van der Waals surface area (Å²) in [5, 5.41) is 9.13. The highest BCUT2D eigenvalue weighted by atomic mass is 16.3. The van der Waals surface area contributed by atoms with Crippen LogP contribution in [-0.4, -0.2) is 26.2 Å². The Morgan fingerprint density at radius 1 is 1.19 bits per heavy atom. The number of hydrogen-bond acceptors (Lipinski definition) is 4. The molecule has 0 aliphatic rings. The van der Waals surface area contributed by atoms with Crippen molar-refractivity contribution >= 4 is 22.5 Å². The van der Waals surface area contributed by atoms with Crippen LogP contribution in [0.2, 0.25) is 0 Å². The van der Waals surface area contributed by atoms with Crippen LogP contribution < -0.4 is 4.90 Å². The zero-order chi connectivity index (χ0) is 14.8. The van der Waals surface area contributed by atoms with Gasteiger partial charge in [-0.05, 0) is 24.6 Å². The fourth-order valence-electron chi connectivity index (χ4n) is 2.43. The van der Waals surface area contributed by atoms with Gasteiger partial charge in [-0.15, -0.1) is 0 Å². The van der Waals surface area contributed by atoms with Crippen molar-refractivity contribution in [2.45, 2.75) is 13.5 Å². The summed E-state index contributed by atoms with van der Waals surface area (Å²) >= 11 is 0. The normalized spacial score (nSPS) is 11.0. The Hall–Kier alpha value is -2.40. The zero-order valence-corrected chi connectivity index (χ0v) is 12.2. The van der Waals surface area contributed by atoms with Gasteiger partial charge in [0.05, 0.1) is 24.6 Å². The number of benzene rings is 1. The van der Waals surface area contributed by atoms with Crippen LogP contribution in [0.3, 0.4) is 0 Å². The van der Waals surface area contributed by atoms with Crippen molar-refractivity contribution in [3.63, 3.8) is 0 Å². The first-order valence-electron chi connectivity index (χ1n) is 6.97. The number of aromatic nitrogens is 3. The van der Waals surface area contributed by atoms with Gasteiger partial charge in [-0.1, -0.05) is 12.1 Å². The molecule has 0 spiro atoms. The third-order valence-corrected chi connectivity index (χ3v) is 3.62. The van der Waals surface area contributed by atoms with Gasteiger partial charge >= 0.3 is 0 Å². The third kappa shape index (κ3) is 2.48. The topological polar surface area (TPSA) is 54.2 Å². The fourth-order valence-corrected chi connectivity index (χ4v) is 2.43. The molecule has 3 aromatic rings. The van der Waals surface area contributed by atoms with Crippen molar-refractivity contribution in [3.8, 4) is 0 Å². The standard InChI is InChI=1S/C16H18N4O/c1-3-20(13-6-4-12(10-21)5-7-13)16-8-15-14(9-17-16)18-11-19(15)2/h4-9,11,21H,3,10H2,1-2H3. The Morgan fingerprint density at radius 3 is 2.62 bits per heavy atom. The number of imidazole rings is 1. The minimum Gasteiger partial charge on any atom is -0.392 e. The Bertz CT molecular complexity index is 749.